The summed E-state index contributed by atoms with van der Waals surface area (Å²) in [5.74, 6) is -0.468. The third kappa shape index (κ3) is 2.45. The number of rotatable bonds is 3. The monoisotopic (exact) mass is 286 g/mol. The molecule has 0 spiro atoms. The summed E-state index contributed by atoms with van der Waals surface area (Å²) in [7, 11) is 0. The van der Waals surface area contributed by atoms with E-state index in [2.05, 4.69) is 5.10 Å². The first-order chi connectivity index (χ1) is 10.2. The van der Waals surface area contributed by atoms with E-state index in [9.17, 15) is 9.90 Å². The van der Waals surface area contributed by atoms with Gasteiger partial charge in [-0.25, -0.2) is 9.48 Å². The van der Waals surface area contributed by atoms with Gasteiger partial charge in [-0.1, -0.05) is 18.2 Å². The molecule has 0 bridgehead atoms. The number of benzene rings is 1. The fourth-order valence-corrected chi connectivity index (χ4v) is 2.80. The van der Waals surface area contributed by atoms with Crippen molar-refractivity contribution in [1.82, 2.24) is 9.78 Å². The summed E-state index contributed by atoms with van der Waals surface area (Å²) in [5.41, 5.74) is 2.66. The van der Waals surface area contributed by atoms with Gasteiger partial charge in [-0.3, -0.25) is 0 Å². The first kappa shape index (κ1) is 13.8. The van der Waals surface area contributed by atoms with Crippen molar-refractivity contribution in [3.8, 4) is 5.69 Å². The molecular formula is C16H18N2O3. The first-order valence-corrected chi connectivity index (χ1v) is 7.24. The maximum absolute atomic E-state index is 12.1. The van der Waals surface area contributed by atoms with Crippen molar-refractivity contribution >= 4 is 5.97 Å². The van der Waals surface area contributed by atoms with Gasteiger partial charge < -0.3 is 9.84 Å². The highest BCUT2D eigenvalue weighted by atomic mass is 16.5. The summed E-state index contributed by atoms with van der Waals surface area (Å²) in [5, 5.41) is 14.7. The lowest BCUT2D eigenvalue weighted by Crippen LogP contribution is -2.14. The Bertz CT molecular complexity index is 649. The van der Waals surface area contributed by atoms with E-state index in [0.717, 1.165) is 24.2 Å². The summed E-state index contributed by atoms with van der Waals surface area (Å²) < 4.78 is 6.82. The number of aliphatic hydroxyl groups is 1. The number of para-hydroxylation sites is 1. The van der Waals surface area contributed by atoms with Crippen molar-refractivity contribution in [2.75, 3.05) is 6.61 Å². The predicted molar refractivity (Wildman–Crippen MR) is 77.4 cm³/mol. The minimum Gasteiger partial charge on any atom is -0.461 e. The molecule has 21 heavy (non-hydrogen) atoms. The van der Waals surface area contributed by atoms with Gasteiger partial charge >= 0.3 is 5.97 Å². The minimum absolute atomic E-state index is 0.239. The maximum atomic E-state index is 12.1. The van der Waals surface area contributed by atoms with E-state index < -0.39 is 12.1 Å². The Balaban J connectivity index is 2.14. The number of aliphatic hydroxyl groups excluding tert-OH is 1. The molecule has 0 fully saturated rings. The first-order valence-electron chi connectivity index (χ1n) is 7.24. The summed E-state index contributed by atoms with van der Waals surface area (Å²) in [4.78, 5) is 12.1. The highest BCUT2D eigenvalue weighted by molar-refractivity contribution is 5.89. The van der Waals surface area contributed by atoms with Gasteiger partial charge in [0.1, 0.15) is 0 Å². The van der Waals surface area contributed by atoms with Crippen molar-refractivity contribution in [2.24, 2.45) is 0 Å². The largest absolute Gasteiger partial charge is 0.461 e. The zero-order valence-corrected chi connectivity index (χ0v) is 12.0. The standard InChI is InChI=1S/C16H18N2O3/c1-2-21-16(20)15-14-12(9-6-10-13(14)19)18(17-15)11-7-4-3-5-8-11/h3-5,7-8,13,19H,2,6,9-10H2,1H3. The zero-order chi connectivity index (χ0) is 14.8. The molecule has 1 N–H and O–H groups in total. The molecule has 1 aromatic heterocycles. The van der Waals surface area contributed by atoms with Crippen LogP contribution in [0.5, 0.6) is 0 Å². The van der Waals surface area contributed by atoms with Crippen LogP contribution in [-0.4, -0.2) is 27.5 Å². The van der Waals surface area contributed by atoms with Crippen LogP contribution in [0.1, 0.15) is 47.6 Å². The molecule has 1 aromatic carbocycles. The second-order valence-corrected chi connectivity index (χ2v) is 5.08. The Labute approximate surface area is 123 Å². The Hall–Kier alpha value is -2.14. The summed E-state index contributed by atoms with van der Waals surface area (Å²) in [6, 6.07) is 9.65. The van der Waals surface area contributed by atoms with Crippen LogP contribution >= 0.6 is 0 Å². The SMILES string of the molecule is CCOC(=O)c1nn(-c2ccccc2)c2c1C(O)CCC2. The highest BCUT2D eigenvalue weighted by Gasteiger charge is 2.31. The van der Waals surface area contributed by atoms with Gasteiger partial charge in [-0.2, -0.15) is 5.10 Å². The summed E-state index contributed by atoms with van der Waals surface area (Å²) in [6.07, 6.45) is 1.69. The smallest absolute Gasteiger partial charge is 0.359 e. The molecule has 1 heterocycles. The van der Waals surface area contributed by atoms with E-state index in [-0.39, 0.29) is 5.69 Å². The van der Waals surface area contributed by atoms with Crippen molar-refractivity contribution in [3.05, 3.63) is 47.3 Å². The molecule has 3 rings (SSSR count). The Morgan fingerprint density at radius 1 is 1.43 bits per heavy atom. The van der Waals surface area contributed by atoms with Gasteiger partial charge in [-0.05, 0) is 38.3 Å². The van der Waals surface area contributed by atoms with Gasteiger partial charge in [0.05, 0.1) is 24.1 Å². The third-order valence-corrected chi connectivity index (χ3v) is 3.72. The Kier molecular flexibility index (Phi) is 3.75. The van der Waals surface area contributed by atoms with E-state index in [0.29, 0.717) is 18.6 Å². The van der Waals surface area contributed by atoms with E-state index in [1.165, 1.54) is 0 Å². The molecule has 0 aliphatic heterocycles. The quantitative estimate of drug-likeness (QED) is 0.880. The average molecular weight is 286 g/mol. The minimum atomic E-state index is -0.648. The lowest BCUT2D eigenvalue weighted by Gasteiger charge is -2.19. The lowest BCUT2D eigenvalue weighted by atomic mass is 9.93. The van der Waals surface area contributed by atoms with Crippen LogP contribution in [0.3, 0.4) is 0 Å². The van der Waals surface area contributed by atoms with Crippen molar-refractivity contribution in [3.63, 3.8) is 0 Å². The summed E-state index contributed by atoms with van der Waals surface area (Å²) >= 11 is 0. The molecule has 0 saturated heterocycles. The number of ether oxygens (including phenoxy) is 1. The second kappa shape index (κ2) is 5.69. The molecule has 110 valence electrons. The van der Waals surface area contributed by atoms with Gasteiger partial charge in [0, 0.05) is 5.56 Å². The maximum Gasteiger partial charge on any atom is 0.359 e. The Morgan fingerprint density at radius 2 is 2.19 bits per heavy atom. The molecule has 1 aliphatic rings. The van der Waals surface area contributed by atoms with Gasteiger partial charge in [-0.15, -0.1) is 0 Å². The highest BCUT2D eigenvalue weighted by Crippen LogP contribution is 2.34. The lowest BCUT2D eigenvalue weighted by molar-refractivity contribution is 0.0510. The van der Waals surface area contributed by atoms with Crippen LogP contribution in [-0.2, 0) is 11.2 Å². The van der Waals surface area contributed by atoms with Crippen LogP contribution in [0.25, 0.3) is 5.69 Å². The number of fused-ring (bicyclic) bond motifs is 1. The van der Waals surface area contributed by atoms with Gasteiger partial charge in [0.15, 0.2) is 5.69 Å². The average Bonchev–Trinajstić information content (AvgIpc) is 2.89. The van der Waals surface area contributed by atoms with E-state index in [1.54, 1.807) is 11.6 Å². The molecular weight excluding hydrogens is 268 g/mol. The number of hydrogen-bond acceptors (Lipinski definition) is 4. The van der Waals surface area contributed by atoms with Crippen LogP contribution in [0.2, 0.25) is 0 Å². The number of carbonyl (C=O) groups excluding carboxylic acids is 1. The number of hydrogen-bond donors (Lipinski definition) is 1. The van der Waals surface area contributed by atoms with Crippen LogP contribution in [0.15, 0.2) is 30.3 Å². The van der Waals surface area contributed by atoms with Crippen LogP contribution < -0.4 is 0 Å². The number of esters is 1. The normalized spacial score (nSPS) is 17.3. The van der Waals surface area contributed by atoms with Gasteiger partial charge in [0.2, 0.25) is 0 Å². The fourth-order valence-electron chi connectivity index (χ4n) is 2.80. The number of carbonyl (C=O) groups is 1. The van der Waals surface area contributed by atoms with Crippen LogP contribution in [0, 0.1) is 0 Å². The zero-order valence-electron chi connectivity index (χ0n) is 12.0. The molecule has 1 unspecified atom stereocenters. The summed E-state index contributed by atoms with van der Waals surface area (Å²) in [6.45, 7) is 2.05. The fraction of sp³-hybridized carbons (Fsp3) is 0.375. The van der Waals surface area contributed by atoms with Crippen molar-refractivity contribution < 1.29 is 14.6 Å². The molecule has 5 heteroatoms. The molecule has 0 saturated carbocycles. The number of nitrogens with zero attached hydrogens (tertiary/aromatic N) is 2. The van der Waals surface area contributed by atoms with E-state index in [4.69, 9.17) is 4.74 Å². The molecule has 1 atom stereocenters. The molecule has 5 nitrogen and oxygen atoms in total. The predicted octanol–water partition coefficient (Wildman–Crippen LogP) is 2.42. The van der Waals surface area contributed by atoms with E-state index in [1.807, 2.05) is 30.3 Å². The molecule has 0 radical (unpaired) electrons. The Morgan fingerprint density at radius 3 is 2.90 bits per heavy atom. The topological polar surface area (TPSA) is 64.3 Å². The second-order valence-electron chi connectivity index (χ2n) is 5.08. The number of aromatic nitrogens is 2. The van der Waals surface area contributed by atoms with Crippen LogP contribution in [0.4, 0.5) is 0 Å². The van der Waals surface area contributed by atoms with E-state index >= 15 is 0 Å². The third-order valence-electron chi connectivity index (χ3n) is 3.72. The molecule has 2 aromatic rings. The van der Waals surface area contributed by atoms with Gasteiger partial charge in [0.25, 0.3) is 0 Å². The molecule has 0 amide bonds. The van der Waals surface area contributed by atoms with Crippen molar-refractivity contribution in [2.45, 2.75) is 32.3 Å². The van der Waals surface area contributed by atoms with Crippen molar-refractivity contribution in [1.29, 1.82) is 0 Å². The molecule has 1 aliphatic carbocycles.